The van der Waals surface area contributed by atoms with Crippen LogP contribution in [0.1, 0.15) is 26.3 Å². The maximum Gasteiger partial charge on any atom is 0.272 e. The van der Waals surface area contributed by atoms with E-state index in [0.717, 1.165) is 0 Å². The fourth-order valence-corrected chi connectivity index (χ4v) is 1.15. The minimum absolute atomic E-state index is 0.156. The summed E-state index contributed by atoms with van der Waals surface area (Å²) >= 11 is 0. The molecule has 0 atom stereocenters. The fraction of sp³-hybridized carbons (Fsp3) is 0.455. The van der Waals surface area contributed by atoms with Crippen molar-refractivity contribution in [2.24, 2.45) is 0 Å². The summed E-state index contributed by atoms with van der Waals surface area (Å²) in [6.45, 7) is 5.88. The van der Waals surface area contributed by atoms with Gasteiger partial charge in [-0.25, -0.2) is 0 Å². The first-order chi connectivity index (χ1) is 7.19. The molecule has 0 N–H and O–H groups in total. The first-order valence-electron chi connectivity index (χ1n) is 5.00. The molecule has 0 heterocycles. The van der Waals surface area contributed by atoms with Crippen molar-refractivity contribution in [1.29, 1.82) is 0 Å². The van der Waals surface area contributed by atoms with Crippen LogP contribution in [-0.2, 0) is 6.42 Å². The molecule has 0 aliphatic carbocycles. The van der Waals surface area contributed by atoms with E-state index in [9.17, 15) is 10.1 Å². The molecule has 0 spiro atoms. The third-order valence-electron chi connectivity index (χ3n) is 1.86. The van der Waals surface area contributed by atoms with Gasteiger partial charge >= 0.3 is 0 Å². The number of hydrogen-bond acceptors (Lipinski definition) is 3. The summed E-state index contributed by atoms with van der Waals surface area (Å²) in [6, 6.07) is 4.76. The van der Waals surface area contributed by atoms with Crippen LogP contribution in [0.25, 0.3) is 0 Å². The summed E-state index contributed by atoms with van der Waals surface area (Å²) in [4.78, 5) is 10.2. The molecule has 0 saturated heterocycles. The highest BCUT2D eigenvalue weighted by Crippen LogP contribution is 2.23. The molecule has 1 rings (SSSR count). The van der Waals surface area contributed by atoms with Gasteiger partial charge in [-0.1, -0.05) is 20.8 Å². The van der Waals surface area contributed by atoms with Crippen LogP contribution < -0.4 is 4.74 Å². The van der Waals surface area contributed by atoms with Crippen molar-refractivity contribution < 1.29 is 9.66 Å². The number of nitro groups is 1. The summed E-state index contributed by atoms with van der Waals surface area (Å²) in [5.74, 6) is 0.655. The summed E-state index contributed by atoms with van der Waals surface area (Å²) < 4.78 is 4.97. The Labute approximate surface area is 90.0 Å². The molecule has 0 bridgehead atoms. The van der Waals surface area contributed by atoms with Crippen LogP contribution in [0, 0.1) is 10.1 Å². The highest BCUT2D eigenvalue weighted by Gasteiger charge is 2.12. The zero-order valence-electron chi connectivity index (χ0n) is 9.61. The van der Waals surface area contributed by atoms with Gasteiger partial charge in [0.05, 0.1) is 12.0 Å². The Bertz CT molecular complexity index is 324. The lowest BCUT2D eigenvalue weighted by Crippen LogP contribution is -1.95. The van der Waals surface area contributed by atoms with Gasteiger partial charge in [-0.05, 0) is 18.6 Å². The number of nitrogens with zero attached hydrogens (tertiary/aromatic N) is 1. The number of benzene rings is 1. The van der Waals surface area contributed by atoms with Crippen molar-refractivity contribution >= 4 is 5.69 Å². The molecule has 0 unspecified atom stereocenters. The Hall–Kier alpha value is -1.58. The molecular formula is C11H17NO3. The SMILES string of the molecule is CC.CCc1cc(OC)ccc1[N+](=O)[O-]. The van der Waals surface area contributed by atoms with Gasteiger partial charge in [0, 0.05) is 11.6 Å². The quantitative estimate of drug-likeness (QED) is 0.570. The lowest BCUT2D eigenvalue weighted by molar-refractivity contribution is -0.385. The lowest BCUT2D eigenvalue weighted by atomic mass is 10.1. The second kappa shape index (κ2) is 6.81. The van der Waals surface area contributed by atoms with E-state index in [1.165, 1.54) is 6.07 Å². The van der Waals surface area contributed by atoms with Crippen LogP contribution in [-0.4, -0.2) is 12.0 Å². The minimum atomic E-state index is -0.377. The highest BCUT2D eigenvalue weighted by atomic mass is 16.6. The zero-order chi connectivity index (χ0) is 11.8. The van der Waals surface area contributed by atoms with Gasteiger partial charge in [0.2, 0.25) is 0 Å². The average Bonchev–Trinajstić information content (AvgIpc) is 2.30. The molecule has 0 aliphatic rings. The molecule has 1 aromatic carbocycles. The number of aryl methyl sites for hydroxylation is 1. The number of rotatable bonds is 3. The van der Waals surface area contributed by atoms with Crippen molar-refractivity contribution in [2.45, 2.75) is 27.2 Å². The van der Waals surface area contributed by atoms with E-state index in [1.54, 1.807) is 19.2 Å². The van der Waals surface area contributed by atoms with Crippen molar-refractivity contribution in [3.63, 3.8) is 0 Å². The Morgan fingerprint density at radius 2 is 2.00 bits per heavy atom. The van der Waals surface area contributed by atoms with E-state index in [2.05, 4.69) is 0 Å². The molecule has 15 heavy (non-hydrogen) atoms. The van der Waals surface area contributed by atoms with E-state index in [-0.39, 0.29) is 10.6 Å². The smallest absolute Gasteiger partial charge is 0.272 e. The highest BCUT2D eigenvalue weighted by molar-refractivity contribution is 5.45. The second-order valence-corrected chi connectivity index (χ2v) is 2.61. The monoisotopic (exact) mass is 211 g/mol. The first-order valence-corrected chi connectivity index (χ1v) is 5.00. The van der Waals surface area contributed by atoms with Crippen molar-refractivity contribution in [2.75, 3.05) is 7.11 Å². The summed E-state index contributed by atoms with van der Waals surface area (Å²) in [6.07, 6.45) is 0.632. The second-order valence-electron chi connectivity index (χ2n) is 2.61. The van der Waals surface area contributed by atoms with Gasteiger partial charge in [0.25, 0.3) is 5.69 Å². The van der Waals surface area contributed by atoms with E-state index in [0.29, 0.717) is 17.7 Å². The molecule has 1 aromatic rings. The molecule has 0 amide bonds. The molecule has 0 radical (unpaired) electrons. The molecule has 0 saturated carbocycles. The van der Waals surface area contributed by atoms with Crippen LogP contribution in [0.3, 0.4) is 0 Å². The molecule has 84 valence electrons. The van der Waals surface area contributed by atoms with Gasteiger partial charge in [-0.2, -0.15) is 0 Å². The minimum Gasteiger partial charge on any atom is -0.497 e. The predicted molar refractivity (Wildman–Crippen MR) is 60.4 cm³/mol. The molecular weight excluding hydrogens is 194 g/mol. The number of nitro benzene ring substituents is 1. The maximum absolute atomic E-state index is 10.5. The van der Waals surface area contributed by atoms with Crippen molar-refractivity contribution in [1.82, 2.24) is 0 Å². The summed E-state index contributed by atoms with van der Waals surface area (Å²) in [7, 11) is 1.54. The molecule has 0 aliphatic heterocycles. The Kier molecular flexibility index (Phi) is 6.09. The standard InChI is InChI=1S/C9H11NO3.C2H6/c1-3-7-6-8(13-2)4-5-9(7)10(11)12;1-2/h4-6H,3H2,1-2H3;1-2H3. The number of ether oxygens (including phenoxy) is 1. The van der Waals surface area contributed by atoms with Crippen LogP contribution >= 0.6 is 0 Å². The summed E-state index contributed by atoms with van der Waals surface area (Å²) in [5.41, 5.74) is 0.854. The van der Waals surface area contributed by atoms with Crippen LogP contribution in [0.4, 0.5) is 5.69 Å². The molecule has 4 nitrogen and oxygen atoms in total. The Morgan fingerprint density at radius 3 is 2.40 bits per heavy atom. The largest absolute Gasteiger partial charge is 0.497 e. The molecule has 0 aromatic heterocycles. The zero-order valence-corrected chi connectivity index (χ0v) is 9.61. The third-order valence-corrected chi connectivity index (χ3v) is 1.86. The van der Waals surface area contributed by atoms with Crippen molar-refractivity contribution in [3.8, 4) is 5.75 Å². The Morgan fingerprint density at radius 1 is 1.40 bits per heavy atom. The van der Waals surface area contributed by atoms with E-state index in [1.807, 2.05) is 20.8 Å². The molecule has 0 fully saturated rings. The van der Waals surface area contributed by atoms with E-state index in [4.69, 9.17) is 4.74 Å². The first kappa shape index (κ1) is 13.4. The third kappa shape index (κ3) is 3.58. The van der Waals surface area contributed by atoms with Gasteiger partial charge < -0.3 is 4.74 Å². The number of hydrogen-bond donors (Lipinski definition) is 0. The maximum atomic E-state index is 10.5. The van der Waals surface area contributed by atoms with Crippen LogP contribution in [0.5, 0.6) is 5.75 Å². The van der Waals surface area contributed by atoms with Crippen molar-refractivity contribution in [3.05, 3.63) is 33.9 Å². The normalized spacial score (nSPS) is 8.80. The van der Waals surface area contributed by atoms with Gasteiger partial charge in [0.1, 0.15) is 5.75 Å². The lowest BCUT2D eigenvalue weighted by Gasteiger charge is -2.02. The topological polar surface area (TPSA) is 52.4 Å². The Balaban J connectivity index is 0.000000921. The van der Waals surface area contributed by atoms with Gasteiger partial charge in [0.15, 0.2) is 0 Å². The molecule has 4 heteroatoms. The van der Waals surface area contributed by atoms with Crippen LogP contribution in [0.15, 0.2) is 18.2 Å². The van der Waals surface area contributed by atoms with E-state index < -0.39 is 0 Å². The van der Waals surface area contributed by atoms with Gasteiger partial charge in [-0.15, -0.1) is 0 Å². The summed E-state index contributed by atoms with van der Waals surface area (Å²) in [5, 5.41) is 10.5. The fourth-order valence-electron chi connectivity index (χ4n) is 1.15. The van der Waals surface area contributed by atoms with Crippen LogP contribution in [0.2, 0.25) is 0 Å². The predicted octanol–water partition coefficient (Wildman–Crippen LogP) is 3.19. The van der Waals surface area contributed by atoms with E-state index >= 15 is 0 Å². The number of methoxy groups -OCH3 is 1. The average molecular weight is 211 g/mol. The van der Waals surface area contributed by atoms with Gasteiger partial charge in [-0.3, -0.25) is 10.1 Å².